The Morgan fingerprint density at radius 2 is 1.86 bits per heavy atom. The fraction of sp³-hybridized carbons (Fsp3) is 0.333. The highest BCUT2D eigenvalue weighted by Gasteiger charge is 2.28. The lowest BCUT2D eigenvalue weighted by molar-refractivity contribution is 0.0720. The Kier molecular flexibility index (Phi) is 5.14. The molecule has 150 valence electrons. The number of nitrogens with zero attached hydrogens (tertiary/aromatic N) is 3. The van der Waals surface area contributed by atoms with Crippen molar-refractivity contribution in [3.63, 3.8) is 0 Å². The molecule has 1 amide bonds. The predicted octanol–water partition coefficient (Wildman–Crippen LogP) is 4.35. The molecule has 5 nitrogen and oxygen atoms in total. The van der Waals surface area contributed by atoms with Crippen LogP contribution in [0.3, 0.4) is 0 Å². The number of hydrogen-bond donors (Lipinski definition) is 1. The number of carbonyl (C=O) groups excluding carboxylic acids is 1. The number of nitrogens with one attached hydrogen (secondary N) is 1. The fourth-order valence-electron chi connectivity index (χ4n) is 3.98. The molecule has 2 aromatic carbocycles. The Bertz CT molecular complexity index is 1040. The lowest BCUT2D eigenvalue weighted by Crippen LogP contribution is -2.53. The second kappa shape index (κ2) is 7.74. The Labute approximate surface area is 172 Å². The van der Waals surface area contributed by atoms with Gasteiger partial charge in [0.25, 0.3) is 5.91 Å². The molecule has 0 spiro atoms. The summed E-state index contributed by atoms with van der Waals surface area (Å²) in [6.07, 6.45) is 0. The van der Waals surface area contributed by atoms with Crippen LogP contribution in [0.25, 0.3) is 11.3 Å². The van der Waals surface area contributed by atoms with Crippen molar-refractivity contribution in [1.29, 1.82) is 0 Å². The van der Waals surface area contributed by atoms with E-state index in [4.69, 9.17) is 0 Å². The molecule has 1 aliphatic rings. The smallest absolute Gasteiger partial charge is 0.272 e. The summed E-state index contributed by atoms with van der Waals surface area (Å²) in [4.78, 5) is 17.3. The first kappa shape index (κ1) is 19.2. The van der Waals surface area contributed by atoms with Gasteiger partial charge in [-0.05, 0) is 68.7 Å². The lowest BCUT2D eigenvalue weighted by atomic mass is 10.0. The van der Waals surface area contributed by atoms with Crippen molar-refractivity contribution in [3.8, 4) is 11.3 Å². The number of benzene rings is 2. The summed E-state index contributed by atoms with van der Waals surface area (Å²) in [6.45, 7) is 10.7. The van der Waals surface area contributed by atoms with Gasteiger partial charge in [-0.25, -0.2) is 0 Å². The van der Waals surface area contributed by atoms with Crippen LogP contribution >= 0.6 is 0 Å². The molecule has 0 unspecified atom stereocenters. The zero-order valence-electron chi connectivity index (χ0n) is 17.6. The van der Waals surface area contributed by atoms with Crippen molar-refractivity contribution >= 4 is 11.6 Å². The molecule has 5 heteroatoms. The van der Waals surface area contributed by atoms with E-state index in [1.807, 2.05) is 11.0 Å². The van der Waals surface area contributed by atoms with E-state index >= 15 is 0 Å². The Morgan fingerprint density at radius 3 is 2.59 bits per heavy atom. The van der Waals surface area contributed by atoms with Crippen LogP contribution in [0.4, 0.5) is 5.69 Å². The van der Waals surface area contributed by atoms with E-state index in [2.05, 4.69) is 85.3 Å². The zero-order chi connectivity index (χ0) is 20.5. The monoisotopic (exact) mass is 388 g/mol. The molecule has 2 heterocycles. The molecule has 1 N–H and O–H groups in total. The molecule has 1 saturated heterocycles. The summed E-state index contributed by atoms with van der Waals surface area (Å²) in [5, 5.41) is 7.33. The number of aryl methyl sites for hydroxylation is 3. The highest BCUT2D eigenvalue weighted by atomic mass is 16.2. The quantitative estimate of drug-likeness (QED) is 0.726. The van der Waals surface area contributed by atoms with Crippen molar-refractivity contribution in [2.24, 2.45) is 0 Å². The molecular weight excluding hydrogens is 360 g/mol. The number of carbonyl (C=O) groups is 1. The predicted molar refractivity (Wildman–Crippen MR) is 117 cm³/mol. The van der Waals surface area contributed by atoms with Crippen molar-refractivity contribution in [2.75, 3.05) is 24.5 Å². The summed E-state index contributed by atoms with van der Waals surface area (Å²) >= 11 is 0. The maximum absolute atomic E-state index is 13.0. The van der Waals surface area contributed by atoms with E-state index in [1.54, 1.807) is 0 Å². The van der Waals surface area contributed by atoms with Gasteiger partial charge >= 0.3 is 0 Å². The topological polar surface area (TPSA) is 52.2 Å². The second-order valence-electron chi connectivity index (χ2n) is 8.10. The first-order valence-electron chi connectivity index (χ1n) is 10.2. The molecule has 0 radical (unpaired) electrons. The minimum atomic E-state index is 0.0170. The van der Waals surface area contributed by atoms with Gasteiger partial charge in [0.1, 0.15) is 5.69 Å². The number of amides is 1. The van der Waals surface area contributed by atoms with E-state index in [9.17, 15) is 4.79 Å². The third kappa shape index (κ3) is 3.90. The third-order valence-corrected chi connectivity index (χ3v) is 5.86. The lowest BCUT2D eigenvalue weighted by Gasteiger charge is -2.41. The highest BCUT2D eigenvalue weighted by molar-refractivity contribution is 5.93. The number of aromatic amines is 1. The third-order valence-electron chi connectivity index (χ3n) is 5.86. The molecule has 29 heavy (non-hydrogen) atoms. The number of piperazine rings is 1. The number of H-pyrrole nitrogens is 1. The van der Waals surface area contributed by atoms with Crippen molar-refractivity contribution in [3.05, 3.63) is 70.9 Å². The summed E-state index contributed by atoms with van der Waals surface area (Å²) in [6, 6.07) is 16.9. The van der Waals surface area contributed by atoms with Gasteiger partial charge < -0.3 is 9.80 Å². The Hall–Kier alpha value is -3.08. The van der Waals surface area contributed by atoms with Crippen molar-refractivity contribution in [1.82, 2.24) is 15.1 Å². The molecule has 0 saturated carbocycles. The molecule has 4 rings (SSSR count). The SMILES string of the molecule is Cc1cccc(N2CCN(C(=O)c3cc(-c4ccc(C)c(C)c4)n[nH]3)C[C@@H]2C)c1. The van der Waals surface area contributed by atoms with Crippen LogP contribution in [0.5, 0.6) is 0 Å². The molecule has 1 aromatic heterocycles. The van der Waals surface area contributed by atoms with Crippen LogP contribution in [0.1, 0.15) is 34.1 Å². The van der Waals surface area contributed by atoms with Gasteiger partial charge in [0.2, 0.25) is 0 Å². The Morgan fingerprint density at radius 1 is 1.03 bits per heavy atom. The molecule has 1 atom stereocenters. The summed E-state index contributed by atoms with van der Waals surface area (Å²) in [7, 11) is 0. The summed E-state index contributed by atoms with van der Waals surface area (Å²) < 4.78 is 0. The van der Waals surface area contributed by atoms with Gasteiger partial charge in [-0.2, -0.15) is 5.10 Å². The fourth-order valence-corrected chi connectivity index (χ4v) is 3.98. The second-order valence-corrected chi connectivity index (χ2v) is 8.10. The largest absolute Gasteiger partial charge is 0.365 e. The van der Waals surface area contributed by atoms with Gasteiger partial charge in [0, 0.05) is 36.9 Å². The van der Waals surface area contributed by atoms with Crippen LogP contribution < -0.4 is 4.90 Å². The molecule has 0 aliphatic carbocycles. The number of rotatable bonds is 3. The van der Waals surface area contributed by atoms with Gasteiger partial charge in [-0.15, -0.1) is 0 Å². The minimum absolute atomic E-state index is 0.0170. The number of anilines is 1. The van der Waals surface area contributed by atoms with Crippen LogP contribution in [-0.4, -0.2) is 46.7 Å². The molecule has 1 aliphatic heterocycles. The summed E-state index contributed by atoms with van der Waals surface area (Å²) in [5.41, 5.74) is 7.34. The van der Waals surface area contributed by atoms with E-state index in [0.29, 0.717) is 18.8 Å². The van der Waals surface area contributed by atoms with Crippen LogP contribution in [0.15, 0.2) is 48.5 Å². The molecule has 0 bridgehead atoms. The van der Waals surface area contributed by atoms with Gasteiger partial charge in [-0.1, -0.05) is 24.3 Å². The Balaban J connectivity index is 1.47. The zero-order valence-corrected chi connectivity index (χ0v) is 17.6. The first-order valence-corrected chi connectivity index (χ1v) is 10.2. The van der Waals surface area contributed by atoms with E-state index in [-0.39, 0.29) is 11.9 Å². The average Bonchev–Trinajstić information content (AvgIpc) is 3.19. The maximum Gasteiger partial charge on any atom is 0.272 e. The number of aromatic nitrogens is 2. The minimum Gasteiger partial charge on any atom is -0.365 e. The molecular formula is C24H28N4O. The maximum atomic E-state index is 13.0. The van der Waals surface area contributed by atoms with Crippen LogP contribution in [-0.2, 0) is 0 Å². The summed E-state index contributed by atoms with van der Waals surface area (Å²) in [5.74, 6) is 0.0170. The molecule has 1 fully saturated rings. The number of hydrogen-bond acceptors (Lipinski definition) is 3. The van der Waals surface area contributed by atoms with Gasteiger partial charge in [0.15, 0.2) is 0 Å². The first-order chi connectivity index (χ1) is 13.9. The van der Waals surface area contributed by atoms with Crippen LogP contribution in [0.2, 0.25) is 0 Å². The van der Waals surface area contributed by atoms with E-state index < -0.39 is 0 Å². The molecule has 3 aromatic rings. The van der Waals surface area contributed by atoms with Crippen LogP contribution in [0, 0.1) is 20.8 Å². The van der Waals surface area contributed by atoms with E-state index in [1.165, 1.54) is 22.4 Å². The average molecular weight is 389 g/mol. The van der Waals surface area contributed by atoms with Crippen molar-refractivity contribution < 1.29 is 4.79 Å². The van der Waals surface area contributed by atoms with Crippen molar-refractivity contribution in [2.45, 2.75) is 33.7 Å². The van der Waals surface area contributed by atoms with Gasteiger partial charge in [-0.3, -0.25) is 9.89 Å². The van der Waals surface area contributed by atoms with Gasteiger partial charge in [0.05, 0.1) is 5.69 Å². The van der Waals surface area contributed by atoms with E-state index in [0.717, 1.165) is 17.8 Å². The highest BCUT2D eigenvalue weighted by Crippen LogP contribution is 2.24. The normalized spacial score (nSPS) is 16.9. The standard InChI is InChI=1S/C24H28N4O/c1-16-6-5-7-21(12-16)28-11-10-27(15-19(28)4)24(29)23-14-22(25-26-23)20-9-8-17(2)18(3)13-20/h5-9,12-14,19H,10-11,15H2,1-4H3,(H,25,26)/t19-/m0/s1.